The fraction of sp³-hybridized carbons (Fsp3) is 0.154. The van der Waals surface area contributed by atoms with Crippen LogP contribution in [0.4, 0.5) is 5.69 Å². The van der Waals surface area contributed by atoms with Gasteiger partial charge in [0.1, 0.15) is 15.8 Å². The Bertz CT molecular complexity index is 732. The number of benzene rings is 1. The number of nitrogens with zero attached hydrogens (tertiary/aromatic N) is 1. The molecule has 0 aliphatic carbocycles. The van der Waals surface area contributed by atoms with Gasteiger partial charge in [0.05, 0.1) is 12.8 Å². The van der Waals surface area contributed by atoms with Crippen molar-refractivity contribution in [2.45, 2.75) is 11.8 Å². The van der Waals surface area contributed by atoms with Crippen LogP contribution in [0.1, 0.15) is 5.56 Å². The van der Waals surface area contributed by atoms with Gasteiger partial charge in [-0.25, -0.2) is 13.4 Å². The summed E-state index contributed by atoms with van der Waals surface area (Å²) in [4.78, 5) is 3.70. The fourth-order valence-electron chi connectivity index (χ4n) is 1.65. The summed E-state index contributed by atoms with van der Waals surface area (Å²) in [5.41, 5.74) is 1.21. The van der Waals surface area contributed by atoms with Crippen LogP contribution in [-0.4, -0.2) is 20.5 Å². The van der Waals surface area contributed by atoms with Crippen molar-refractivity contribution in [1.29, 1.82) is 0 Å². The van der Waals surface area contributed by atoms with Crippen LogP contribution in [0.2, 0.25) is 5.15 Å². The number of methoxy groups -OCH3 is 1. The summed E-state index contributed by atoms with van der Waals surface area (Å²) < 4.78 is 32.1. The zero-order valence-corrected chi connectivity index (χ0v) is 12.5. The lowest BCUT2D eigenvalue weighted by Crippen LogP contribution is -2.14. The first-order chi connectivity index (χ1) is 9.44. The SMILES string of the molecule is COc1ccc(NS(=O)(=O)c2cccnc2Cl)c(C)c1. The third kappa shape index (κ3) is 3.02. The number of nitrogens with one attached hydrogen (secondary N) is 1. The second-order valence-corrected chi connectivity index (χ2v) is 6.09. The lowest BCUT2D eigenvalue weighted by atomic mass is 10.2. The summed E-state index contributed by atoms with van der Waals surface area (Å²) in [6.07, 6.45) is 1.43. The molecule has 0 radical (unpaired) electrons. The average molecular weight is 313 g/mol. The van der Waals surface area contributed by atoms with Crippen LogP contribution in [0.25, 0.3) is 0 Å². The lowest BCUT2D eigenvalue weighted by molar-refractivity contribution is 0.414. The van der Waals surface area contributed by atoms with Crippen molar-refractivity contribution < 1.29 is 13.2 Å². The van der Waals surface area contributed by atoms with Gasteiger partial charge in [-0.3, -0.25) is 4.72 Å². The molecule has 5 nitrogen and oxygen atoms in total. The first-order valence-electron chi connectivity index (χ1n) is 5.72. The van der Waals surface area contributed by atoms with E-state index >= 15 is 0 Å². The van der Waals surface area contributed by atoms with Gasteiger partial charge in [0.25, 0.3) is 10.0 Å². The number of sulfonamides is 1. The molecule has 1 aromatic carbocycles. The first-order valence-corrected chi connectivity index (χ1v) is 7.58. The molecule has 7 heteroatoms. The molecule has 1 aromatic heterocycles. The minimum absolute atomic E-state index is 0.0584. The highest BCUT2D eigenvalue weighted by atomic mass is 35.5. The van der Waals surface area contributed by atoms with Gasteiger partial charge in [-0.15, -0.1) is 0 Å². The summed E-state index contributed by atoms with van der Waals surface area (Å²) in [5, 5.41) is -0.0637. The average Bonchev–Trinajstić information content (AvgIpc) is 2.41. The molecule has 0 amide bonds. The molecule has 0 unspecified atom stereocenters. The molecule has 0 aliphatic rings. The molecule has 0 saturated heterocycles. The van der Waals surface area contributed by atoms with E-state index in [1.54, 1.807) is 32.2 Å². The Morgan fingerprint density at radius 3 is 2.65 bits per heavy atom. The van der Waals surface area contributed by atoms with Gasteiger partial charge in [0, 0.05) is 6.20 Å². The Balaban J connectivity index is 2.36. The van der Waals surface area contributed by atoms with E-state index in [4.69, 9.17) is 16.3 Å². The minimum Gasteiger partial charge on any atom is -0.497 e. The Hall–Kier alpha value is -1.79. The van der Waals surface area contributed by atoms with E-state index < -0.39 is 10.0 Å². The zero-order chi connectivity index (χ0) is 14.8. The molecular formula is C13H13ClN2O3S. The summed E-state index contributed by atoms with van der Waals surface area (Å²) in [7, 11) is -2.22. The molecule has 1 N–H and O–H groups in total. The quantitative estimate of drug-likeness (QED) is 0.881. The number of pyridine rings is 1. The molecule has 2 aromatic rings. The molecule has 0 aliphatic heterocycles. The summed E-state index contributed by atoms with van der Waals surface area (Å²) >= 11 is 5.81. The highest BCUT2D eigenvalue weighted by Gasteiger charge is 2.19. The van der Waals surface area contributed by atoms with Crippen molar-refractivity contribution in [3.63, 3.8) is 0 Å². The third-order valence-corrected chi connectivity index (χ3v) is 4.50. The Morgan fingerprint density at radius 2 is 2.05 bits per heavy atom. The molecule has 0 saturated carbocycles. The number of anilines is 1. The zero-order valence-electron chi connectivity index (χ0n) is 10.9. The topological polar surface area (TPSA) is 68.3 Å². The molecule has 0 atom stereocenters. The van der Waals surface area contributed by atoms with Crippen molar-refractivity contribution >= 4 is 27.3 Å². The molecule has 0 fully saturated rings. The van der Waals surface area contributed by atoms with E-state index in [1.165, 1.54) is 18.3 Å². The van der Waals surface area contributed by atoms with Crippen LogP contribution in [0.3, 0.4) is 0 Å². The fourth-order valence-corrected chi connectivity index (χ4v) is 3.23. The van der Waals surface area contributed by atoms with E-state index in [1.807, 2.05) is 0 Å². The van der Waals surface area contributed by atoms with Gasteiger partial charge in [-0.05, 0) is 42.8 Å². The van der Waals surface area contributed by atoms with Crippen LogP contribution < -0.4 is 9.46 Å². The second kappa shape index (κ2) is 5.68. The van der Waals surface area contributed by atoms with E-state index in [0.717, 1.165) is 5.56 Å². The van der Waals surface area contributed by atoms with Gasteiger partial charge in [0.2, 0.25) is 0 Å². The van der Waals surface area contributed by atoms with Gasteiger partial charge in [-0.1, -0.05) is 11.6 Å². The maximum absolute atomic E-state index is 12.3. The lowest BCUT2D eigenvalue weighted by Gasteiger charge is -2.12. The van der Waals surface area contributed by atoms with E-state index in [-0.39, 0.29) is 10.0 Å². The predicted octanol–water partition coefficient (Wildman–Crippen LogP) is 2.85. The summed E-state index contributed by atoms with van der Waals surface area (Å²) in [6, 6.07) is 7.96. The van der Waals surface area contributed by atoms with Gasteiger partial charge in [0.15, 0.2) is 0 Å². The Morgan fingerprint density at radius 1 is 1.30 bits per heavy atom. The maximum Gasteiger partial charge on any atom is 0.264 e. The van der Waals surface area contributed by atoms with Crippen LogP contribution in [0.15, 0.2) is 41.4 Å². The van der Waals surface area contributed by atoms with Crippen molar-refractivity contribution in [1.82, 2.24) is 4.98 Å². The van der Waals surface area contributed by atoms with Gasteiger partial charge < -0.3 is 4.74 Å². The van der Waals surface area contributed by atoms with E-state index in [2.05, 4.69) is 9.71 Å². The normalized spacial score (nSPS) is 11.2. The van der Waals surface area contributed by atoms with Crippen molar-refractivity contribution in [2.75, 3.05) is 11.8 Å². The van der Waals surface area contributed by atoms with E-state index in [0.29, 0.717) is 11.4 Å². The van der Waals surface area contributed by atoms with Gasteiger partial charge in [-0.2, -0.15) is 0 Å². The smallest absolute Gasteiger partial charge is 0.264 e. The summed E-state index contributed by atoms with van der Waals surface area (Å²) in [5.74, 6) is 0.657. The minimum atomic E-state index is -3.77. The van der Waals surface area contributed by atoms with Crippen LogP contribution in [-0.2, 0) is 10.0 Å². The predicted molar refractivity (Wildman–Crippen MR) is 77.8 cm³/mol. The largest absolute Gasteiger partial charge is 0.497 e. The molecule has 0 spiro atoms. The number of hydrogen-bond donors (Lipinski definition) is 1. The third-order valence-electron chi connectivity index (χ3n) is 2.69. The maximum atomic E-state index is 12.3. The molecular weight excluding hydrogens is 300 g/mol. The molecule has 20 heavy (non-hydrogen) atoms. The van der Waals surface area contributed by atoms with Crippen LogP contribution in [0.5, 0.6) is 5.75 Å². The Kier molecular flexibility index (Phi) is 4.15. The summed E-state index contributed by atoms with van der Waals surface area (Å²) in [6.45, 7) is 1.78. The number of halogens is 1. The monoisotopic (exact) mass is 312 g/mol. The van der Waals surface area contributed by atoms with Crippen molar-refractivity contribution in [2.24, 2.45) is 0 Å². The number of rotatable bonds is 4. The standard InChI is InChI=1S/C13H13ClN2O3S/c1-9-8-10(19-2)5-6-11(9)16-20(17,18)12-4-3-7-15-13(12)14/h3-8,16H,1-2H3. The van der Waals surface area contributed by atoms with Crippen LogP contribution >= 0.6 is 11.6 Å². The highest BCUT2D eigenvalue weighted by Crippen LogP contribution is 2.25. The van der Waals surface area contributed by atoms with E-state index in [9.17, 15) is 8.42 Å². The van der Waals surface area contributed by atoms with Gasteiger partial charge >= 0.3 is 0 Å². The molecule has 0 bridgehead atoms. The number of aryl methyl sites for hydroxylation is 1. The number of aromatic nitrogens is 1. The van der Waals surface area contributed by atoms with Crippen LogP contribution in [0, 0.1) is 6.92 Å². The molecule has 2 rings (SSSR count). The number of ether oxygens (including phenoxy) is 1. The van der Waals surface area contributed by atoms with Crippen molar-refractivity contribution in [3.8, 4) is 5.75 Å². The van der Waals surface area contributed by atoms with Crippen molar-refractivity contribution in [3.05, 3.63) is 47.2 Å². The first kappa shape index (κ1) is 14.6. The number of hydrogen-bond acceptors (Lipinski definition) is 4. The Labute approximate surface area is 122 Å². The molecule has 1 heterocycles. The second-order valence-electron chi connectivity index (χ2n) is 4.08. The molecule has 106 valence electrons. The highest BCUT2D eigenvalue weighted by molar-refractivity contribution is 7.92.